The third-order valence-corrected chi connectivity index (χ3v) is 6.19. The van der Waals surface area contributed by atoms with Crippen molar-refractivity contribution in [3.05, 3.63) is 17.2 Å². The van der Waals surface area contributed by atoms with E-state index in [2.05, 4.69) is 22.3 Å². The summed E-state index contributed by atoms with van der Waals surface area (Å²) < 4.78 is 0. The van der Waals surface area contributed by atoms with Crippen molar-refractivity contribution in [3.63, 3.8) is 0 Å². The summed E-state index contributed by atoms with van der Waals surface area (Å²) in [5.41, 5.74) is 0. The molecule has 1 aliphatic heterocycles. The van der Waals surface area contributed by atoms with Gasteiger partial charge in [0.2, 0.25) is 16.9 Å². The van der Waals surface area contributed by atoms with Crippen molar-refractivity contribution < 1.29 is 9.59 Å². The lowest BCUT2D eigenvalue weighted by atomic mass is 9.63. The van der Waals surface area contributed by atoms with Crippen molar-refractivity contribution in [2.24, 2.45) is 35.5 Å². The molecule has 6 rings (SSSR count). The standard InChI is InChI=1S/C14H13N3O2S/c1-5-15-16-14(20-5)17-12(18)10-6-2-3-7(9-4-8(6)9)11(10)13(17)19/h2-3,6-11H,4H2,1H3/t6-,7+,8-,9-,10+,11+/m1/s1. The molecule has 102 valence electrons. The van der Waals surface area contributed by atoms with Gasteiger partial charge < -0.3 is 0 Å². The van der Waals surface area contributed by atoms with Gasteiger partial charge in [-0.2, -0.15) is 0 Å². The summed E-state index contributed by atoms with van der Waals surface area (Å²) in [6, 6.07) is 0. The smallest absolute Gasteiger partial charge is 0.240 e. The fourth-order valence-electron chi connectivity index (χ4n) is 4.52. The summed E-state index contributed by atoms with van der Waals surface area (Å²) in [6.45, 7) is 1.83. The zero-order valence-electron chi connectivity index (χ0n) is 10.9. The average Bonchev–Trinajstić information content (AvgIpc) is 3.10. The van der Waals surface area contributed by atoms with Gasteiger partial charge in [0.1, 0.15) is 5.01 Å². The fourth-order valence-corrected chi connectivity index (χ4v) is 5.22. The first kappa shape index (κ1) is 11.1. The Morgan fingerprint density at radius 3 is 2.20 bits per heavy atom. The van der Waals surface area contributed by atoms with Crippen molar-refractivity contribution in [1.29, 1.82) is 0 Å². The van der Waals surface area contributed by atoms with Crippen molar-refractivity contribution in [2.75, 3.05) is 4.90 Å². The number of allylic oxidation sites excluding steroid dienone is 2. The molecule has 6 heteroatoms. The Bertz CT molecular complexity index is 646. The Hall–Kier alpha value is -1.56. The first-order valence-electron chi connectivity index (χ1n) is 7.03. The van der Waals surface area contributed by atoms with Crippen molar-refractivity contribution >= 4 is 28.3 Å². The molecule has 0 N–H and O–H groups in total. The Morgan fingerprint density at radius 2 is 1.70 bits per heavy atom. The van der Waals surface area contributed by atoms with Gasteiger partial charge >= 0.3 is 0 Å². The minimum absolute atomic E-state index is 0.0548. The van der Waals surface area contributed by atoms with Gasteiger partial charge in [-0.05, 0) is 37.0 Å². The predicted molar refractivity (Wildman–Crippen MR) is 71.8 cm³/mol. The second-order valence-electron chi connectivity index (χ2n) is 6.27. The first-order valence-corrected chi connectivity index (χ1v) is 7.84. The molecule has 1 aromatic heterocycles. The van der Waals surface area contributed by atoms with Crippen LogP contribution in [0.1, 0.15) is 11.4 Å². The van der Waals surface area contributed by atoms with Crippen molar-refractivity contribution in [3.8, 4) is 0 Å². The molecule has 3 fully saturated rings. The van der Waals surface area contributed by atoms with Crippen LogP contribution in [0.3, 0.4) is 0 Å². The van der Waals surface area contributed by atoms with Crippen LogP contribution in [0, 0.1) is 42.4 Å². The van der Waals surface area contributed by atoms with Gasteiger partial charge in [0.15, 0.2) is 0 Å². The van der Waals surface area contributed by atoms with E-state index in [9.17, 15) is 9.59 Å². The van der Waals surface area contributed by atoms with Crippen LogP contribution < -0.4 is 4.90 Å². The van der Waals surface area contributed by atoms with Gasteiger partial charge in [-0.1, -0.05) is 23.5 Å². The van der Waals surface area contributed by atoms with E-state index >= 15 is 0 Å². The Labute approximate surface area is 119 Å². The lowest BCUT2D eigenvalue weighted by Crippen LogP contribution is -2.40. The lowest BCUT2D eigenvalue weighted by Gasteiger charge is -2.37. The van der Waals surface area contributed by atoms with E-state index in [1.165, 1.54) is 22.7 Å². The molecule has 0 radical (unpaired) electrons. The van der Waals surface area contributed by atoms with Crippen LogP contribution in [0.25, 0.3) is 0 Å². The number of nitrogens with zero attached hydrogens (tertiary/aromatic N) is 3. The fraction of sp³-hybridized carbons (Fsp3) is 0.571. The van der Waals surface area contributed by atoms with Crippen LogP contribution >= 0.6 is 11.3 Å². The van der Waals surface area contributed by atoms with Crippen LogP contribution in [0.2, 0.25) is 0 Å². The molecule has 2 bridgehead atoms. The zero-order valence-corrected chi connectivity index (χ0v) is 11.7. The third kappa shape index (κ3) is 1.15. The molecule has 5 nitrogen and oxygen atoms in total. The second kappa shape index (κ2) is 3.36. The highest BCUT2D eigenvalue weighted by Crippen LogP contribution is 2.65. The maximum absolute atomic E-state index is 12.7. The minimum atomic E-state index is -0.148. The number of aryl methyl sites for hydroxylation is 1. The van der Waals surface area contributed by atoms with E-state index < -0.39 is 0 Å². The quantitative estimate of drug-likeness (QED) is 0.578. The first-order chi connectivity index (χ1) is 9.66. The molecule has 0 unspecified atom stereocenters. The van der Waals surface area contributed by atoms with Gasteiger partial charge in [0, 0.05) is 0 Å². The summed E-state index contributed by atoms with van der Waals surface area (Å²) in [4.78, 5) is 26.8. The number of imide groups is 1. The maximum atomic E-state index is 12.7. The molecule has 2 heterocycles. The molecule has 2 amide bonds. The molecule has 1 saturated heterocycles. The van der Waals surface area contributed by atoms with Gasteiger partial charge in [-0.3, -0.25) is 9.59 Å². The second-order valence-corrected chi connectivity index (χ2v) is 7.43. The van der Waals surface area contributed by atoms with Crippen molar-refractivity contribution in [1.82, 2.24) is 10.2 Å². The summed E-state index contributed by atoms with van der Waals surface area (Å²) >= 11 is 1.31. The zero-order chi connectivity index (χ0) is 13.6. The number of aromatic nitrogens is 2. The van der Waals surface area contributed by atoms with Gasteiger partial charge in [0.05, 0.1) is 11.8 Å². The van der Waals surface area contributed by atoms with Crippen LogP contribution in [0.4, 0.5) is 5.13 Å². The van der Waals surface area contributed by atoms with E-state index in [4.69, 9.17) is 0 Å². The number of anilines is 1. The molecule has 0 spiro atoms. The lowest BCUT2D eigenvalue weighted by molar-refractivity contribution is -0.124. The highest BCUT2D eigenvalue weighted by Gasteiger charge is 2.67. The topological polar surface area (TPSA) is 63.2 Å². The molecular formula is C14H13N3O2S. The molecule has 2 saturated carbocycles. The third-order valence-electron chi connectivity index (χ3n) is 5.37. The minimum Gasteiger partial charge on any atom is -0.274 e. The molecule has 6 atom stereocenters. The molecular weight excluding hydrogens is 274 g/mol. The van der Waals surface area contributed by atoms with Crippen LogP contribution in [0.5, 0.6) is 0 Å². The Kier molecular flexibility index (Phi) is 1.87. The average molecular weight is 287 g/mol. The van der Waals surface area contributed by atoms with Crippen LogP contribution in [-0.2, 0) is 9.59 Å². The van der Waals surface area contributed by atoms with E-state index in [-0.39, 0.29) is 35.5 Å². The summed E-state index contributed by atoms with van der Waals surface area (Å²) in [6.07, 6.45) is 5.55. The van der Waals surface area contributed by atoms with Crippen molar-refractivity contribution in [2.45, 2.75) is 13.3 Å². The van der Waals surface area contributed by atoms with Gasteiger partial charge in [-0.25, -0.2) is 4.90 Å². The number of carbonyl (C=O) groups is 2. The number of hydrogen-bond donors (Lipinski definition) is 0. The molecule has 0 aromatic carbocycles. The summed E-state index contributed by atoms with van der Waals surface area (Å²) in [5.74, 6) is 1.41. The van der Waals surface area contributed by atoms with E-state index in [1.54, 1.807) is 0 Å². The van der Waals surface area contributed by atoms with E-state index in [1.807, 2.05) is 6.92 Å². The van der Waals surface area contributed by atoms with Gasteiger partial charge in [-0.15, -0.1) is 10.2 Å². The van der Waals surface area contributed by atoms with E-state index in [0.717, 1.165) is 5.01 Å². The Morgan fingerprint density at radius 1 is 1.10 bits per heavy atom. The number of carbonyl (C=O) groups excluding carboxylic acids is 2. The largest absolute Gasteiger partial charge is 0.274 e. The normalized spacial score (nSPS) is 44.0. The SMILES string of the molecule is Cc1nnc(N2C(=O)[C@H]3[C@@H]4C=C[C@@H]([C@H]5C[C@H]45)[C@@H]3C2=O)s1. The van der Waals surface area contributed by atoms with Crippen LogP contribution in [-0.4, -0.2) is 22.0 Å². The summed E-state index contributed by atoms with van der Waals surface area (Å²) in [7, 11) is 0. The predicted octanol–water partition coefficient (Wildman–Crippen LogP) is 1.40. The number of rotatable bonds is 1. The highest BCUT2D eigenvalue weighted by molar-refractivity contribution is 7.15. The molecule has 5 aliphatic rings. The molecule has 4 aliphatic carbocycles. The van der Waals surface area contributed by atoms with Crippen LogP contribution in [0.15, 0.2) is 12.2 Å². The monoisotopic (exact) mass is 287 g/mol. The van der Waals surface area contributed by atoms with E-state index in [0.29, 0.717) is 17.0 Å². The number of hydrogen-bond acceptors (Lipinski definition) is 5. The molecule has 1 aromatic rings. The number of amides is 2. The Balaban J connectivity index is 1.60. The summed E-state index contributed by atoms with van der Waals surface area (Å²) in [5, 5.41) is 9.14. The van der Waals surface area contributed by atoms with Gasteiger partial charge in [0.25, 0.3) is 0 Å². The highest BCUT2D eigenvalue weighted by atomic mass is 32.1. The maximum Gasteiger partial charge on any atom is 0.240 e. The molecule has 20 heavy (non-hydrogen) atoms.